The van der Waals surface area contributed by atoms with E-state index in [1.165, 1.54) is 24.7 Å². The second-order valence-corrected chi connectivity index (χ2v) is 8.84. The predicted molar refractivity (Wildman–Crippen MR) is 106 cm³/mol. The van der Waals surface area contributed by atoms with E-state index in [9.17, 15) is 4.79 Å². The van der Waals surface area contributed by atoms with Gasteiger partial charge in [0, 0.05) is 44.2 Å². The summed E-state index contributed by atoms with van der Waals surface area (Å²) in [5.74, 6) is 1.81. The Hall–Kier alpha value is -2.25. The molecular weight excluding hydrogens is 368 g/mol. The number of carbonyl (C=O) groups excluding carboxylic acids is 1. The minimum Gasteiger partial charge on any atom is -0.472 e. The smallest absolute Gasteiger partial charge is 0.254 e. The summed E-state index contributed by atoms with van der Waals surface area (Å²) in [5, 5.41) is 3.22. The van der Waals surface area contributed by atoms with E-state index in [2.05, 4.69) is 20.2 Å². The van der Waals surface area contributed by atoms with Gasteiger partial charge in [-0.05, 0) is 49.5 Å². The lowest BCUT2D eigenvalue weighted by Crippen LogP contribution is -2.50. The van der Waals surface area contributed by atoms with Crippen molar-refractivity contribution in [2.75, 3.05) is 19.7 Å². The van der Waals surface area contributed by atoms with E-state index in [-0.39, 0.29) is 18.1 Å². The molecule has 0 radical (unpaired) electrons. The number of nitrogens with one attached hydrogen (secondary N) is 1. The first-order valence-electron chi connectivity index (χ1n) is 10.7. The zero-order valence-electron chi connectivity index (χ0n) is 16.6. The lowest BCUT2D eigenvalue weighted by Gasteiger charge is -2.38. The number of ether oxygens (including phenoxy) is 1. The summed E-state index contributed by atoms with van der Waals surface area (Å²) < 4.78 is 11.5. The number of furan rings is 1. The number of likely N-dealkylation sites (tertiary alicyclic amines) is 1. The molecule has 154 valence electrons. The van der Waals surface area contributed by atoms with E-state index in [1.54, 1.807) is 18.7 Å². The van der Waals surface area contributed by atoms with E-state index >= 15 is 0 Å². The van der Waals surface area contributed by atoms with Gasteiger partial charge in [-0.3, -0.25) is 9.69 Å². The predicted octanol–water partition coefficient (Wildman–Crippen LogP) is 2.51. The van der Waals surface area contributed by atoms with Gasteiger partial charge in [-0.25, -0.2) is 9.97 Å². The summed E-state index contributed by atoms with van der Waals surface area (Å²) >= 11 is 0. The molecule has 3 aliphatic rings. The summed E-state index contributed by atoms with van der Waals surface area (Å²) in [7, 11) is 0. The highest BCUT2D eigenvalue weighted by Gasteiger charge is 2.43. The van der Waals surface area contributed by atoms with Crippen molar-refractivity contribution >= 4 is 5.91 Å². The number of hydrogen-bond donors (Lipinski definition) is 1. The Labute approximate surface area is 170 Å². The van der Waals surface area contributed by atoms with Gasteiger partial charge < -0.3 is 14.5 Å². The molecule has 5 rings (SSSR count). The Morgan fingerprint density at radius 1 is 1.21 bits per heavy atom. The Kier molecular flexibility index (Phi) is 5.33. The molecule has 0 spiro atoms. The molecule has 2 saturated carbocycles. The van der Waals surface area contributed by atoms with Crippen molar-refractivity contribution in [1.29, 1.82) is 0 Å². The summed E-state index contributed by atoms with van der Waals surface area (Å²) in [6.07, 6.45) is 12.7. The lowest BCUT2D eigenvalue weighted by atomic mass is 9.77. The first-order chi connectivity index (χ1) is 14.2. The SMILES string of the molecule is O=C(N[C@H]1C[C@H]2CN(Cc3ccoc3)C[C@H]2C[C@@H]1OCC1CC1)c1cncnc1. The first-order valence-corrected chi connectivity index (χ1v) is 10.7. The Morgan fingerprint density at radius 2 is 2.00 bits per heavy atom. The molecule has 3 heterocycles. The highest BCUT2D eigenvalue weighted by atomic mass is 16.5. The van der Waals surface area contributed by atoms with Crippen LogP contribution in [-0.4, -0.2) is 52.6 Å². The standard InChI is InChI=1S/C22H28N4O3/c27-22(19-7-23-14-24-8-19)25-20-5-17-10-26(9-16-3-4-28-12-16)11-18(17)6-21(20)29-13-15-1-2-15/h3-4,7-8,12,14-15,17-18,20-21H,1-2,5-6,9-11,13H2,(H,25,27)/t17-,18+,20-,21-/m0/s1. The van der Waals surface area contributed by atoms with E-state index in [1.807, 2.05) is 12.3 Å². The fourth-order valence-electron chi connectivity index (χ4n) is 4.83. The Bertz CT molecular complexity index is 809. The average Bonchev–Trinajstić information content (AvgIpc) is 3.27. The molecule has 1 amide bonds. The van der Waals surface area contributed by atoms with Crippen LogP contribution in [0.1, 0.15) is 41.6 Å². The van der Waals surface area contributed by atoms with Crippen molar-refractivity contribution in [2.45, 2.75) is 44.4 Å². The second kappa shape index (κ2) is 8.24. The van der Waals surface area contributed by atoms with Crippen molar-refractivity contribution in [2.24, 2.45) is 17.8 Å². The van der Waals surface area contributed by atoms with Gasteiger partial charge in [0.05, 0.1) is 30.2 Å². The number of rotatable bonds is 7. The molecule has 2 aromatic heterocycles. The summed E-state index contributed by atoms with van der Waals surface area (Å²) in [6, 6.07) is 2.07. The van der Waals surface area contributed by atoms with E-state index < -0.39 is 0 Å². The zero-order chi connectivity index (χ0) is 19.6. The van der Waals surface area contributed by atoms with Crippen LogP contribution in [0.5, 0.6) is 0 Å². The quantitative estimate of drug-likeness (QED) is 0.775. The van der Waals surface area contributed by atoms with Crippen molar-refractivity contribution in [3.8, 4) is 0 Å². The van der Waals surface area contributed by atoms with E-state index in [0.717, 1.165) is 39.1 Å². The molecule has 1 aliphatic heterocycles. The molecule has 4 atom stereocenters. The molecule has 0 aromatic carbocycles. The minimum atomic E-state index is -0.109. The van der Waals surface area contributed by atoms with E-state index in [0.29, 0.717) is 23.3 Å². The topological polar surface area (TPSA) is 80.5 Å². The van der Waals surface area contributed by atoms with Gasteiger partial charge in [-0.2, -0.15) is 0 Å². The fraction of sp³-hybridized carbons (Fsp3) is 0.591. The lowest BCUT2D eigenvalue weighted by molar-refractivity contribution is -0.0212. The first kappa shape index (κ1) is 18.8. The molecule has 3 fully saturated rings. The molecule has 0 bridgehead atoms. The van der Waals surface area contributed by atoms with Crippen LogP contribution < -0.4 is 5.32 Å². The zero-order valence-corrected chi connectivity index (χ0v) is 16.6. The molecule has 1 saturated heterocycles. The molecule has 0 unspecified atom stereocenters. The van der Waals surface area contributed by atoms with Crippen molar-refractivity contribution < 1.29 is 13.9 Å². The van der Waals surface area contributed by atoms with Gasteiger partial charge in [0.1, 0.15) is 6.33 Å². The molecule has 2 aliphatic carbocycles. The van der Waals surface area contributed by atoms with Gasteiger partial charge in [0.25, 0.3) is 5.91 Å². The molecular formula is C22H28N4O3. The third-order valence-electron chi connectivity index (χ3n) is 6.56. The largest absolute Gasteiger partial charge is 0.472 e. The van der Waals surface area contributed by atoms with Crippen LogP contribution in [-0.2, 0) is 11.3 Å². The monoisotopic (exact) mass is 396 g/mol. The second-order valence-electron chi connectivity index (χ2n) is 8.84. The van der Waals surface area contributed by atoms with Crippen LogP contribution >= 0.6 is 0 Å². The van der Waals surface area contributed by atoms with Gasteiger partial charge in [-0.15, -0.1) is 0 Å². The summed E-state index contributed by atoms with van der Waals surface area (Å²) in [5.41, 5.74) is 1.72. The number of fused-ring (bicyclic) bond motifs is 1. The van der Waals surface area contributed by atoms with Gasteiger partial charge >= 0.3 is 0 Å². The summed E-state index contributed by atoms with van der Waals surface area (Å²) in [4.78, 5) is 23.2. The van der Waals surface area contributed by atoms with E-state index in [4.69, 9.17) is 9.15 Å². The summed E-state index contributed by atoms with van der Waals surface area (Å²) in [6.45, 7) is 3.90. The number of aromatic nitrogens is 2. The van der Waals surface area contributed by atoms with Crippen LogP contribution in [0.25, 0.3) is 0 Å². The number of nitrogens with zero attached hydrogens (tertiary/aromatic N) is 3. The maximum Gasteiger partial charge on any atom is 0.254 e. The highest BCUT2D eigenvalue weighted by Crippen LogP contribution is 2.39. The number of amides is 1. The molecule has 7 heteroatoms. The Morgan fingerprint density at radius 3 is 2.72 bits per heavy atom. The minimum absolute atomic E-state index is 0.0385. The van der Waals surface area contributed by atoms with Crippen LogP contribution in [0.3, 0.4) is 0 Å². The van der Waals surface area contributed by atoms with Gasteiger partial charge in [-0.1, -0.05) is 0 Å². The fourth-order valence-corrected chi connectivity index (χ4v) is 4.83. The Balaban J connectivity index is 1.25. The molecule has 1 N–H and O–H groups in total. The van der Waals surface area contributed by atoms with Gasteiger partial charge in [0.2, 0.25) is 0 Å². The number of hydrogen-bond acceptors (Lipinski definition) is 6. The average molecular weight is 396 g/mol. The molecule has 2 aromatic rings. The highest BCUT2D eigenvalue weighted by molar-refractivity contribution is 5.93. The van der Waals surface area contributed by atoms with Crippen LogP contribution in [0, 0.1) is 17.8 Å². The van der Waals surface area contributed by atoms with Crippen LogP contribution in [0.15, 0.2) is 41.7 Å². The maximum atomic E-state index is 12.7. The third-order valence-corrected chi connectivity index (χ3v) is 6.56. The molecule has 7 nitrogen and oxygen atoms in total. The van der Waals surface area contributed by atoms with Crippen LogP contribution in [0.2, 0.25) is 0 Å². The van der Waals surface area contributed by atoms with Crippen LogP contribution in [0.4, 0.5) is 0 Å². The number of carbonyl (C=O) groups is 1. The normalized spacial score (nSPS) is 29.5. The maximum absolute atomic E-state index is 12.7. The van der Waals surface area contributed by atoms with Crippen molar-refractivity contribution in [1.82, 2.24) is 20.2 Å². The van der Waals surface area contributed by atoms with Gasteiger partial charge in [0.15, 0.2) is 0 Å². The third kappa shape index (κ3) is 4.51. The van der Waals surface area contributed by atoms with Crippen molar-refractivity contribution in [3.05, 3.63) is 48.4 Å². The molecule has 29 heavy (non-hydrogen) atoms. The van der Waals surface area contributed by atoms with Crippen molar-refractivity contribution in [3.63, 3.8) is 0 Å².